The van der Waals surface area contributed by atoms with E-state index in [1.54, 1.807) is 0 Å². The van der Waals surface area contributed by atoms with E-state index in [4.69, 9.17) is 0 Å². The fourth-order valence-electron chi connectivity index (χ4n) is 3.68. The molecule has 1 unspecified atom stereocenters. The molecule has 1 saturated heterocycles. The topological polar surface area (TPSA) is 15.3 Å². The largest absolute Gasteiger partial charge is 0.314 e. The van der Waals surface area contributed by atoms with Crippen LogP contribution < -0.4 is 5.32 Å². The van der Waals surface area contributed by atoms with Crippen LogP contribution in [0.4, 0.5) is 0 Å². The molecular formula is C19H34N2. The minimum atomic E-state index is 0.557. The third-order valence-corrected chi connectivity index (χ3v) is 5.23. The van der Waals surface area contributed by atoms with Crippen LogP contribution in [0.15, 0.2) is 23.8 Å². The highest BCUT2D eigenvalue weighted by molar-refractivity contribution is 5.24. The molecule has 1 saturated carbocycles. The van der Waals surface area contributed by atoms with Crippen molar-refractivity contribution < 1.29 is 0 Å². The molecule has 2 rings (SSSR count). The van der Waals surface area contributed by atoms with Crippen LogP contribution >= 0.6 is 0 Å². The first-order chi connectivity index (χ1) is 10.3. The van der Waals surface area contributed by atoms with E-state index >= 15 is 0 Å². The molecule has 120 valence electrons. The van der Waals surface area contributed by atoms with Gasteiger partial charge in [-0.05, 0) is 38.2 Å². The molecule has 0 amide bonds. The molecule has 1 heterocycles. The zero-order chi connectivity index (χ0) is 14.9. The van der Waals surface area contributed by atoms with Gasteiger partial charge in [0.2, 0.25) is 0 Å². The molecule has 1 aliphatic carbocycles. The van der Waals surface area contributed by atoms with E-state index in [1.165, 1.54) is 63.6 Å². The van der Waals surface area contributed by atoms with Crippen LogP contribution in [0.5, 0.6) is 0 Å². The minimum Gasteiger partial charge on any atom is -0.314 e. The van der Waals surface area contributed by atoms with Gasteiger partial charge in [0, 0.05) is 32.2 Å². The molecule has 0 aromatic carbocycles. The lowest BCUT2D eigenvalue weighted by Crippen LogP contribution is -2.47. The first-order valence-corrected chi connectivity index (χ1v) is 9.10. The van der Waals surface area contributed by atoms with E-state index in [1.807, 2.05) is 0 Å². The van der Waals surface area contributed by atoms with Crippen molar-refractivity contribution in [1.82, 2.24) is 10.2 Å². The van der Waals surface area contributed by atoms with Gasteiger partial charge >= 0.3 is 0 Å². The van der Waals surface area contributed by atoms with Crippen LogP contribution in [0.3, 0.4) is 0 Å². The average molecular weight is 290 g/mol. The lowest BCUT2D eigenvalue weighted by Gasteiger charge is -2.33. The number of nitrogens with zero attached hydrogens (tertiary/aromatic N) is 1. The Balaban J connectivity index is 1.89. The predicted octanol–water partition coefficient (Wildman–Crippen LogP) is 4.14. The third-order valence-electron chi connectivity index (χ3n) is 5.23. The third kappa shape index (κ3) is 5.60. The van der Waals surface area contributed by atoms with Crippen molar-refractivity contribution in [2.45, 2.75) is 64.8 Å². The van der Waals surface area contributed by atoms with Crippen molar-refractivity contribution >= 4 is 0 Å². The maximum absolute atomic E-state index is 3.44. The number of hydrogen-bond donors (Lipinski definition) is 1. The fraction of sp³-hybridized carbons (Fsp3) is 0.789. The van der Waals surface area contributed by atoms with E-state index in [-0.39, 0.29) is 0 Å². The summed E-state index contributed by atoms with van der Waals surface area (Å²) in [6, 6.07) is 0.557. The number of piperazine rings is 1. The molecule has 0 radical (unpaired) electrons. The summed E-state index contributed by atoms with van der Waals surface area (Å²) >= 11 is 0. The van der Waals surface area contributed by atoms with Crippen LogP contribution in [0, 0.1) is 5.92 Å². The molecule has 1 atom stereocenters. The summed E-state index contributed by atoms with van der Waals surface area (Å²) in [5.41, 5.74) is 1.50. The van der Waals surface area contributed by atoms with Gasteiger partial charge in [0.25, 0.3) is 0 Å². The average Bonchev–Trinajstić information content (AvgIpc) is 2.50. The summed E-state index contributed by atoms with van der Waals surface area (Å²) in [5.74, 6) is 0.815. The van der Waals surface area contributed by atoms with Crippen LogP contribution in [0.25, 0.3) is 0 Å². The summed E-state index contributed by atoms with van der Waals surface area (Å²) in [5, 5.41) is 3.44. The summed E-state index contributed by atoms with van der Waals surface area (Å²) in [6.07, 6.45) is 17.2. The predicted molar refractivity (Wildman–Crippen MR) is 92.6 cm³/mol. The first kappa shape index (κ1) is 16.8. The maximum atomic E-state index is 3.44. The summed E-state index contributed by atoms with van der Waals surface area (Å²) in [4.78, 5) is 2.61. The van der Waals surface area contributed by atoms with Crippen molar-refractivity contribution in [2.24, 2.45) is 5.92 Å². The van der Waals surface area contributed by atoms with Crippen LogP contribution in [-0.2, 0) is 0 Å². The quantitative estimate of drug-likeness (QED) is 0.783. The normalized spacial score (nSPS) is 25.7. The highest BCUT2D eigenvalue weighted by Crippen LogP contribution is 2.24. The second-order valence-corrected chi connectivity index (χ2v) is 6.71. The first-order valence-electron chi connectivity index (χ1n) is 9.10. The number of allylic oxidation sites excluding steroid dienone is 2. The van der Waals surface area contributed by atoms with Crippen molar-refractivity contribution in [3.63, 3.8) is 0 Å². The number of rotatable bonds is 4. The molecule has 21 heavy (non-hydrogen) atoms. The Morgan fingerprint density at radius 3 is 2.29 bits per heavy atom. The van der Waals surface area contributed by atoms with Gasteiger partial charge in [0.15, 0.2) is 0 Å². The fourth-order valence-corrected chi connectivity index (χ4v) is 3.68. The maximum Gasteiger partial charge on any atom is 0.0317 e. The molecule has 2 heteroatoms. The Kier molecular flexibility index (Phi) is 7.52. The van der Waals surface area contributed by atoms with Crippen molar-refractivity contribution in [3.05, 3.63) is 23.8 Å². The van der Waals surface area contributed by atoms with Gasteiger partial charge < -0.3 is 5.32 Å². The van der Waals surface area contributed by atoms with Gasteiger partial charge in [-0.15, -0.1) is 0 Å². The van der Waals surface area contributed by atoms with E-state index in [9.17, 15) is 0 Å². The SMILES string of the molecule is C/C=C(\C=C/C1CCCCCCC1)C(C)N1CCNCC1. The molecule has 0 bridgehead atoms. The Morgan fingerprint density at radius 1 is 1.05 bits per heavy atom. The highest BCUT2D eigenvalue weighted by atomic mass is 15.2. The molecule has 1 aliphatic heterocycles. The van der Waals surface area contributed by atoms with Crippen molar-refractivity contribution in [1.29, 1.82) is 0 Å². The monoisotopic (exact) mass is 290 g/mol. The molecule has 2 nitrogen and oxygen atoms in total. The zero-order valence-electron chi connectivity index (χ0n) is 14.1. The summed E-state index contributed by atoms with van der Waals surface area (Å²) in [6.45, 7) is 9.17. The summed E-state index contributed by atoms with van der Waals surface area (Å²) < 4.78 is 0. The van der Waals surface area contributed by atoms with E-state index in [0.29, 0.717) is 6.04 Å². The molecule has 1 N–H and O–H groups in total. The molecule has 0 aromatic rings. The molecular weight excluding hydrogens is 256 g/mol. The lowest BCUT2D eigenvalue weighted by molar-refractivity contribution is 0.207. The Morgan fingerprint density at radius 2 is 1.67 bits per heavy atom. The minimum absolute atomic E-state index is 0.557. The Bertz CT molecular complexity index is 331. The Labute approximate surface area is 131 Å². The van der Waals surface area contributed by atoms with Crippen molar-refractivity contribution in [2.75, 3.05) is 26.2 Å². The summed E-state index contributed by atoms with van der Waals surface area (Å²) in [7, 11) is 0. The van der Waals surface area contributed by atoms with E-state index in [0.717, 1.165) is 19.0 Å². The van der Waals surface area contributed by atoms with Gasteiger partial charge in [-0.3, -0.25) is 4.90 Å². The number of nitrogens with one attached hydrogen (secondary N) is 1. The van der Waals surface area contributed by atoms with Gasteiger partial charge in [-0.1, -0.05) is 50.3 Å². The van der Waals surface area contributed by atoms with Gasteiger partial charge in [-0.25, -0.2) is 0 Å². The second-order valence-electron chi connectivity index (χ2n) is 6.71. The van der Waals surface area contributed by atoms with Gasteiger partial charge in [-0.2, -0.15) is 0 Å². The number of hydrogen-bond acceptors (Lipinski definition) is 2. The Hall–Kier alpha value is -0.600. The molecule has 0 spiro atoms. The molecule has 0 aromatic heterocycles. The smallest absolute Gasteiger partial charge is 0.0317 e. The van der Waals surface area contributed by atoms with Crippen LogP contribution in [-0.4, -0.2) is 37.1 Å². The lowest BCUT2D eigenvalue weighted by atomic mass is 9.90. The molecule has 2 fully saturated rings. The van der Waals surface area contributed by atoms with Gasteiger partial charge in [0.05, 0.1) is 0 Å². The van der Waals surface area contributed by atoms with E-state index in [2.05, 4.69) is 42.3 Å². The van der Waals surface area contributed by atoms with Crippen molar-refractivity contribution in [3.8, 4) is 0 Å². The van der Waals surface area contributed by atoms with E-state index < -0.39 is 0 Å². The second kappa shape index (κ2) is 9.42. The highest BCUT2D eigenvalue weighted by Gasteiger charge is 2.18. The van der Waals surface area contributed by atoms with Crippen LogP contribution in [0.1, 0.15) is 58.8 Å². The van der Waals surface area contributed by atoms with Gasteiger partial charge in [0.1, 0.15) is 0 Å². The van der Waals surface area contributed by atoms with Crippen LogP contribution in [0.2, 0.25) is 0 Å². The molecule has 2 aliphatic rings. The zero-order valence-corrected chi connectivity index (χ0v) is 14.1. The standard InChI is InChI=1S/C19H34N2/c1-3-19(17(2)21-15-13-20-14-16-21)12-11-18-9-7-5-4-6-8-10-18/h3,11-12,17-18,20H,4-10,13-16H2,1-2H3/b12-11-,19-3+.